The number of thiocarbonyl (C=S) groups is 1. The summed E-state index contributed by atoms with van der Waals surface area (Å²) in [7, 11) is 0. The van der Waals surface area contributed by atoms with E-state index in [1.54, 1.807) is 0 Å². The number of hydrogen-bond acceptors (Lipinski definition) is 3. The first-order valence-electron chi connectivity index (χ1n) is 3.13. The van der Waals surface area contributed by atoms with Crippen molar-refractivity contribution in [1.29, 1.82) is 0 Å². The van der Waals surface area contributed by atoms with Gasteiger partial charge in [0.2, 0.25) is 0 Å². The van der Waals surface area contributed by atoms with Gasteiger partial charge in [-0.2, -0.15) is 0 Å². The van der Waals surface area contributed by atoms with Crippen molar-refractivity contribution in [3.8, 4) is 0 Å². The topological polar surface area (TPSA) is 63.3 Å². The molecule has 4 heteroatoms. The minimum Gasteiger partial charge on any atom is -0.480 e. The fourth-order valence-corrected chi connectivity index (χ4v) is 1.45. The first kappa shape index (κ1) is 7.63. The first-order valence-corrected chi connectivity index (χ1v) is 3.54. The average molecular weight is 159 g/mol. The Morgan fingerprint density at radius 1 is 1.80 bits per heavy atom. The van der Waals surface area contributed by atoms with Crippen molar-refractivity contribution < 1.29 is 9.90 Å². The molecule has 3 nitrogen and oxygen atoms in total. The van der Waals surface area contributed by atoms with Crippen LogP contribution in [-0.2, 0) is 4.79 Å². The smallest absolute Gasteiger partial charge is 0.328 e. The summed E-state index contributed by atoms with van der Waals surface area (Å²) in [4.78, 5) is 11.0. The largest absolute Gasteiger partial charge is 0.480 e. The van der Waals surface area contributed by atoms with E-state index in [2.05, 4.69) is 0 Å². The maximum Gasteiger partial charge on any atom is 0.328 e. The summed E-state index contributed by atoms with van der Waals surface area (Å²) in [6, 6.07) is 0. The zero-order valence-corrected chi connectivity index (χ0v) is 6.28. The summed E-state index contributed by atoms with van der Waals surface area (Å²) in [5.74, 6) is -0.991. The van der Waals surface area contributed by atoms with Crippen LogP contribution in [0.2, 0.25) is 0 Å². The summed E-state index contributed by atoms with van der Waals surface area (Å²) in [6.07, 6.45) is 1.97. The zero-order valence-electron chi connectivity index (χ0n) is 5.46. The van der Waals surface area contributed by atoms with Crippen molar-refractivity contribution >= 4 is 23.1 Å². The SMILES string of the molecule is NC1(C(=O)O)CCCC1=S. The van der Waals surface area contributed by atoms with Gasteiger partial charge < -0.3 is 10.8 Å². The highest BCUT2D eigenvalue weighted by Gasteiger charge is 2.41. The Morgan fingerprint density at radius 3 is 2.60 bits per heavy atom. The van der Waals surface area contributed by atoms with Crippen LogP contribution >= 0.6 is 12.2 Å². The van der Waals surface area contributed by atoms with Gasteiger partial charge in [0.05, 0.1) is 0 Å². The second-order valence-electron chi connectivity index (χ2n) is 2.55. The third-order valence-electron chi connectivity index (χ3n) is 1.85. The minimum atomic E-state index is -1.20. The molecule has 1 fully saturated rings. The Morgan fingerprint density at radius 2 is 2.40 bits per heavy atom. The number of aliphatic carboxylic acids is 1. The van der Waals surface area contributed by atoms with Gasteiger partial charge >= 0.3 is 5.97 Å². The third-order valence-corrected chi connectivity index (χ3v) is 2.42. The maximum atomic E-state index is 10.5. The predicted molar refractivity (Wildman–Crippen MR) is 41.0 cm³/mol. The highest BCUT2D eigenvalue weighted by molar-refractivity contribution is 7.80. The Balaban J connectivity index is 2.86. The lowest BCUT2D eigenvalue weighted by Crippen LogP contribution is -2.50. The normalized spacial score (nSPS) is 32.7. The molecule has 0 aromatic rings. The van der Waals surface area contributed by atoms with E-state index in [1.807, 2.05) is 0 Å². The number of carboxylic acid groups (broad SMARTS) is 1. The van der Waals surface area contributed by atoms with Crippen LogP contribution < -0.4 is 5.73 Å². The molecule has 1 aliphatic rings. The van der Waals surface area contributed by atoms with E-state index in [-0.39, 0.29) is 0 Å². The molecule has 0 heterocycles. The van der Waals surface area contributed by atoms with Gasteiger partial charge in [0.25, 0.3) is 0 Å². The molecule has 0 radical (unpaired) electrons. The quantitative estimate of drug-likeness (QED) is 0.541. The highest BCUT2D eigenvalue weighted by atomic mass is 32.1. The van der Waals surface area contributed by atoms with Crippen LogP contribution in [0.5, 0.6) is 0 Å². The van der Waals surface area contributed by atoms with E-state index < -0.39 is 11.5 Å². The van der Waals surface area contributed by atoms with Crippen LogP contribution in [0.15, 0.2) is 0 Å². The van der Waals surface area contributed by atoms with Crippen molar-refractivity contribution in [1.82, 2.24) is 0 Å². The number of nitrogens with two attached hydrogens (primary N) is 1. The summed E-state index contributed by atoms with van der Waals surface area (Å²) in [5, 5.41) is 8.63. The van der Waals surface area contributed by atoms with Crippen molar-refractivity contribution in [3.05, 3.63) is 0 Å². The molecule has 0 amide bonds. The van der Waals surface area contributed by atoms with Crippen LogP contribution in [0.3, 0.4) is 0 Å². The molecule has 0 aliphatic heterocycles. The Labute approximate surface area is 64.2 Å². The van der Waals surface area contributed by atoms with Crippen LogP contribution in [0.25, 0.3) is 0 Å². The van der Waals surface area contributed by atoms with Crippen molar-refractivity contribution in [2.45, 2.75) is 24.8 Å². The lowest BCUT2D eigenvalue weighted by Gasteiger charge is -2.16. The van der Waals surface area contributed by atoms with Crippen LogP contribution in [0.4, 0.5) is 0 Å². The van der Waals surface area contributed by atoms with Gasteiger partial charge in [0.1, 0.15) is 5.54 Å². The van der Waals surface area contributed by atoms with Crippen LogP contribution in [-0.4, -0.2) is 21.5 Å². The lowest BCUT2D eigenvalue weighted by molar-refractivity contribution is -0.140. The molecule has 1 rings (SSSR count). The minimum absolute atomic E-state index is 0.486. The Bertz CT molecular complexity index is 192. The second-order valence-corrected chi connectivity index (χ2v) is 3.05. The van der Waals surface area contributed by atoms with Crippen molar-refractivity contribution in [2.75, 3.05) is 0 Å². The molecule has 56 valence electrons. The summed E-state index contributed by atoms with van der Waals surface area (Å²) < 4.78 is 0. The van der Waals surface area contributed by atoms with Crippen LogP contribution in [0, 0.1) is 0 Å². The van der Waals surface area contributed by atoms with E-state index in [9.17, 15) is 4.79 Å². The first-order chi connectivity index (χ1) is 4.57. The third kappa shape index (κ3) is 0.932. The van der Waals surface area contributed by atoms with E-state index in [0.29, 0.717) is 17.7 Å². The summed E-state index contributed by atoms with van der Waals surface area (Å²) >= 11 is 4.82. The standard InChI is InChI=1S/C6H9NO2S/c7-6(5(8)9)3-1-2-4(6)10/h1-3,7H2,(H,8,9). The van der Waals surface area contributed by atoms with Gasteiger partial charge in [-0.15, -0.1) is 0 Å². The molecular weight excluding hydrogens is 150 g/mol. The van der Waals surface area contributed by atoms with E-state index in [4.69, 9.17) is 23.1 Å². The predicted octanol–water partition coefficient (Wildman–Crippen LogP) is 0.322. The van der Waals surface area contributed by atoms with Gasteiger partial charge in [0, 0.05) is 4.86 Å². The molecule has 0 saturated heterocycles. The lowest BCUT2D eigenvalue weighted by atomic mass is 10.00. The molecule has 1 unspecified atom stereocenters. The molecule has 10 heavy (non-hydrogen) atoms. The second kappa shape index (κ2) is 2.29. The summed E-state index contributed by atoms with van der Waals surface area (Å²) in [6.45, 7) is 0. The monoisotopic (exact) mass is 159 g/mol. The maximum absolute atomic E-state index is 10.5. The number of rotatable bonds is 1. The molecule has 1 atom stereocenters. The van der Waals surface area contributed by atoms with E-state index in [0.717, 1.165) is 6.42 Å². The van der Waals surface area contributed by atoms with Gasteiger partial charge in [-0.3, -0.25) is 0 Å². The van der Waals surface area contributed by atoms with Crippen LogP contribution in [0.1, 0.15) is 19.3 Å². The highest BCUT2D eigenvalue weighted by Crippen LogP contribution is 2.25. The van der Waals surface area contributed by atoms with Gasteiger partial charge in [-0.1, -0.05) is 12.2 Å². The molecule has 0 bridgehead atoms. The number of carboxylic acids is 1. The molecular formula is C6H9NO2S. The molecule has 3 N–H and O–H groups in total. The zero-order chi connectivity index (χ0) is 7.78. The molecule has 0 aromatic carbocycles. The number of hydrogen-bond donors (Lipinski definition) is 2. The van der Waals surface area contributed by atoms with E-state index >= 15 is 0 Å². The average Bonchev–Trinajstić information content (AvgIpc) is 2.15. The summed E-state index contributed by atoms with van der Waals surface area (Å²) in [5.41, 5.74) is 4.31. The fraction of sp³-hybridized carbons (Fsp3) is 0.667. The molecule has 1 aliphatic carbocycles. The van der Waals surface area contributed by atoms with E-state index in [1.165, 1.54) is 0 Å². The van der Waals surface area contributed by atoms with Crippen molar-refractivity contribution in [2.24, 2.45) is 5.73 Å². The molecule has 0 spiro atoms. The molecule has 1 saturated carbocycles. The van der Waals surface area contributed by atoms with Crippen molar-refractivity contribution in [3.63, 3.8) is 0 Å². The Kier molecular flexibility index (Phi) is 1.74. The Hall–Kier alpha value is -0.480. The fourth-order valence-electron chi connectivity index (χ4n) is 1.12. The van der Waals surface area contributed by atoms with Gasteiger partial charge in [0.15, 0.2) is 0 Å². The van der Waals surface area contributed by atoms with Gasteiger partial charge in [-0.05, 0) is 19.3 Å². The van der Waals surface area contributed by atoms with Gasteiger partial charge in [-0.25, -0.2) is 4.79 Å². The number of carbonyl (C=O) groups is 1. The molecule has 0 aromatic heterocycles.